The second-order valence-corrected chi connectivity index (χ2v) is 6.72. The van der Waals surface area contributed by atoms with Crippen LogP contribution in [0, 0.1) is 35.5 Å². The van der Waals surface area contributed by atoms with Crippen LogP contribution in [0.4, 0.5) is 0 Å². The van der Waals surface area contributed by atoms with Crippen molar-refractivity contribution in [3.63, 3.8) is 0 Å². The van der Waals surface area contributed by atoms with Crippen molar-refractivity contribution < 1.29 is 14.3 Å². The van der Waals surface area contributed by atoms with Crippen molar-refractivity contribution in [2.24, 2.45) is 35.5 Å². The van der Waals surface area contributed by atoms with Gasteiger partial charge in [0.2, 0.25) is 0 Å². The fraction of sp³-hybridized carbons (Fsp3) is 0.933. The first-order valence-corrected chi connectivity index (χ1v) is 7.21. The van der Waals surface area contributed by atoms with E-state index in [9.17, 15) is 4.79 Å². The average molecular weight is 252 g/mol. The van der Waals surface area contributed by atoms with Gasteiger partial charge in [-0.25, -0.2) is 0 Å². The van der Waals surface area contributed by atoms with Gasteiger partial charge in [-0.1, -0.05) is 27.7 Å². The van der Waals surface area contributed by atoms with E-state index in [4.69, 9.17) is 9.47 Å². The highest BCUT2D eigenvalue weighted by atomic mass is 16.5. The first kappa shape index (κ1) is 12.6. The van der Waals surface area contributed by atoms with Crippen LogP contribution in [0.5, 0.6) is 0 Å². The van der Waals surface area contributed by atoms with Crippen molar-refractivity contribution in [2.45, 2.75) is 46.0 Å². The first-order valence-electron chi connectivity index (χ1n) is 7.21. The van der Waals surface area contributed by atoms with E-state index in [2.05, 4.69) is 13.8 Å². The van der Waals surface area contributed by atoms with Crippen molar-refractivity contribution in [2.75, 3.05) is 7.11 Å². The van der Waals surface area contributed by atoms with Crippen molar-refractivity contribution in [3.8, 4) is 0 Å². The van der Waals surface area contributed by atoms with Gasteiger partial charge in [0.15, 0.2) is 0 Å². The Kier molecular flexibility index (Phi) is 2.83. The molecule has 0 amide bonds. The molecule has 2 unspecified atom stereocenters. The number of Topliss-reactive ketones (excluding diaryl/α,β-unsaturated/α-hetero) is 1. The average Bonchev–Trinajstić information content (AvgIpc) is 2.94. The summed E-state index contributed by atoms with van der Waals surface area (Å²) in [7, 11) is 1.80. The van der Waals surface area contributed by atoms with Crippen molar-refractivity contribution in [3.05, 3.63) is 0 Å². The summed E-state index contributed by atoms with van der Waals surface area (Å²) >= 11 is 0. The van der Waals surface area contributed by atoms with E-state index in [1.807, 2.05) is 13.8 Å². The normalized spacial score (nSPS) is 53.4. The third-order valence-electron chi connectivity index (χ3n) is 5.45. The minimum absolute atomic E-state index is 0.158. The molecule has 2 aliphatic heterocycles. The largest absolute Gasteiger partial charge is 0.381 e. The number of ether oxygens (including phenoxy) is 2. The summed E-state index contributed by atoms with van der Waals surface area (Å²) in [5.74, 6) is 2.63. The molecule has 3 heteroatoms. The third kappa shape index (κ3) is 1.47. The number of fused-ring (bicyclic) bond motifs is 5. The fourth-order valence-corrected chi connectivity index (χ4v) is 4.56. The molecule has 2 saturated heterocycles. The first-order chi connectivity index (χ1) is 8.49. The quantitative estimate of drug-likeness (QED) is 0.772. The third-order valence-corrected chi connectivity index (χ3v) is 5.45. The lowest BCUT2D eigenvalue weighted by molar-refractivity contribution is -0.163. The van der Waals surface area contributed by atoms with Gasteiger partial charge >= 0.3 is 0 Å². The van der Waals surface area contributed by atoms with Crippen molar-refractivity contribution in [1.82, 2.24) is 0 Å². The molecule has 3 nitrogen and oxygen atoms in total. The standard InChI is InChI=1S/C15H24O3/c1-6(2)12(16)9-10-11(9)15-8(4)13(17-5)7(3)14(10)18-15/h6-11,13-15H,1-5H3/t7-,8+,9?,10-,11+,13?,14+,15-. The predicted molar refractivity (Wildman–Crippen MR) is 68.1 cm³/mol. The molecule has 3 fully saturated rings. The molecule has 102 valence electrons. The van der Waals surface area contributed by atoms with Crippen LogP contribution in [0.1, 0.15) is 27.7 Å². The number of ketones is 1. The van der Waals surface area contributed by atoms with Crippen molar-refractivity contribution >= 4 is 5.78 Å². The minimum atomic E-state index is 0.158. The Morgan fingerprint density at radius 3 is 2.00 bits per heavy atom. The number of carbonyl (C=O) groups excluding carboxylic acids is 1. The minimum Gasteiger partial charge on any atom is -0.381 e. The molecule has 0 N–H and O–H groups in total. The molecule has 0 aromatic carbocycles. The van der Waals surface area contributed by atoms with Crippen LogP contribution in [-0.2, 0) is 14.3 Å². The van der Waals surface area contributed by atoms with Crippen LogP contribution in [-0.4, -0.2) is 31.2 Å². The second-order valence-electron chi connectivity index (χ2n) is 6.72. The van der Waals surface area contributed by atoms with E-state index in [0.717, 1.165) is 0 Å². The van der Waals surface area contributed by atoms with Crippen LogP contribution in [0.2, 0.25) is 0 Å². The maximum absolute atomic E-state index is 12.2. The number of rotatable bonds is 3. The zero-order chi connectivity index (χ0) is 13.2. The molecule has 18 heavy (non-hydrogen) atoms. The van der Waals surface area contributed by atoms with Crippen LogP contribution in [0.15, 0.2) is 0 Å². The van der Waals surface area contributed by atoms with Crippen LogP contribution >= 0.6 is 0 Å². The number of hydrogen-bond acceptors (Lipinski definition) is 3. The Balaban J connectivity index is 1.81. The second kappa shape index (κ2) is 4.04. The number of carbonyl (C=O) groups is 1. The Morgan fingerprint density at radius 2 is 1.61 bits per heavy atom. The van der Waals surface area contributed by atoms with Gasteiger partial charge in [-0.15, -0.1) is 0 Å². The molecular formula is C15H24O3. The number of methoxy groups -OCH3 is 1. The Labute approximate surface area is 109 Å². The van der Waals surface area contributed by atoms with Gasteiger partial charge in [-0.3, -0.25) is 4.79 Å². The number of hydrogen-bond donors (Lipinski definition) is 0. The molecular weight excluding hydrogens is 228 g/mol. The molecule has 1 aliphatic carbocycles. The summed E-state index contributed by atoms with van der Waals surface area (Å²) in [5, 5.41) is 0. The van der Waals surface area contributed by atoms with Crippen LogP contribution in [0.25, 0.3) is 0 Å². The predicted octanol–water partition coefficient (Wildman–Crippen LogP) is 2.14. The Morgan fingerprint density at radius 1 is 1.11 bits per heavy atom. The molecule has 0 aromatic heterocycles. The van der Waals surface area contributed by atoms with Gasteiger partial charge in [0.05, 0.1) is 18.3 Å². The Hall–Kier alpha value is -0.410. The zero-order valence-corrected chi connectivity index (χ0v) is 11.9. The van der Waals surface area contributed by atoms with E-state index in [-0.39, 0.29) is 30.1 Å². The smallest absolute Gasteiger partial charge is 0.139 e. The van der Waals surface area contributed by atoms with Gasteiger partial charge in [-0.2, -0.15) is 0 Å². The summed E-state index contributed by atoms with van der Waals surface area (Å²) in [6.45, 7) is 8.45. The topological polar surface area (TPSA) is 35.5 Å². The monoisotopic (exact) mass is 252 g/mol. The van der Waals surface area contributed by atoms with Gasteiger partial charge in [0.1, 0.15) is 5.78 Å². The highest BCUT2D eigenvalue weighted by Crippen LogP contribution is 2.64. The summed E-state index contributed by atoms with van der Waals surface area (Å²) in [6.07, 6.45) is 0.777. The van der Waals surface area contributed by atoms with E-state index < -0.39 is 0 Å². The lowest BCUT2D eigenvalue weighted by atomic mass is 9.81. The molecule has 1 saturated carbocycles. The van der Waals surface area contributed by atoms with Crippen LogP contribution in [0.3, 0.4) is 0 Å². The Bertz CT molecular complexity index is 343. The molecule has 2 bridgehead atoms. The molecule has 0 radical (unpaired) electrons. The molecule has 3 rings (SSSR count). The fourth-order valence-electron chi connectivity index (χ4n) is 4.56. The maximum atomic E-state index is 12.2. The lowest BCUT2D eigenvalue weighted by Gasteiger charge is -2.41. The summed E-state index contributed by atoms with van der Waals surface area (Å²) < 4.78 is 11.8. The van der Waals surface area contributed by atoms with E-state index in [1.54, 1.807) is 7.11 Å². The van der Waals surface area contributed by atoms with Gasteiger partial charge < -0.3 is 9.47 Å². The summed E-state index contributed by atoms with van der Waals surface area (Å²) in [5.41, 5.74) is 0. The lowest BCUT2D eigenvalue weighted by Crippen LogP contribution is -2.48. The molecule has 3 aliphatic rings. The zero-order valence-electron chi connectivity index (χ0n) is 11.9. The highest BCUT2D eigenvalue weighted by Gasteiger charge is 2.71. The van der Waals surface area contributed by atoms with E-state index in [0.29, 0.717) is 29.5 Å². The molecule has 0 aromatic rings. The van der Waals surface area contributed by atoms with Gasteiger partial charge in [-0.05, 0) is 0 Å². The van der Waals surface area contributed by atoms with E-state index >= 15 is 0 Å². The molecule has 0 spiro atoms. The van der Waals surface area contributed by atoms with Gasteiger partial charge in [0.25, 0.3) is 0 Å². The van der Waals surface area contributed by atoms with Crippen molar-refractivity contribution in [1.29, 1.82) is 0 Å². The maximum Gasteiger partial charge on any atom is 0.139 e. The van der Waals surface area contributed by atoms with Crippen LogP contribution < -0.4 is 0 Å². The molecule has 2 heterocycles. The SMILES string of the molecule is COC1[C@@H](C)[C@@H]2O[C@@H]([C@H]3C(C(=O)C(C)C)[C@@H]23)[C@H]1C. The highest BCUT2D eigenvalue weighted by molar-refractivity contribution is 5.86. The summed E-state index contributed by atoms with van der Waals surface area (Å²) in [6, 6.07) is 0. The van der Waals surface area contributed by atoms with Gasteiger partial charge in [0, 0.05) is 42.6 Å². The molecule has 8 atom stereocenters. The summed E-state index contributed by atoms with van der Waals surface area (Å²) in [4.78, 5) is 12.2. The van der Waals surface area contributed by atoms with E-state index in [1.165, 1.54) is 0 Å².